The highest BCUT2D eigenvalue weighted by Crippen LogP contribution is 2.65. The molecule has 2 bridgehead atoms. The Morgan fingerprint density at radius 3 is 2.23 bits per heavy atom. The highest BCUT2D eigenvalue weighted by atomic mass is 16.2. The van der Waals surface area contributed by atoms with E-state index in [2.05, 4.69) is 17.5 Å². The average molecular weight is 412 g/mol. The van der Waals surface area contributed by atoms with E-state index in [1.165, 1.54) is 4.90 Å². The molecule has 2 saturated carbocycles. The molecule has 0 unspecified atom stereocenters. The predicted molar refractivity (Wildman–Crippen MR) is 117 cm³/mol. The van der Waals surface area contributed by atoms with Crippen LogP contribution in [-0.4, -0.2) is 17.7 Å². The summed E-state index contributed by atoms with van der Waals surface area (Å²) in [6, 6.07) is 14.6. The number of allylic oxidation sites excluding steroid dienone is 2. The quantitative estimate of drug-likeness (QED) is 0.608. The number of benzene rings is 2. The highest BCUT2D eigenvalue weighted by molar-refractivity contribution is 6.25. The molecule has 1 saturated heterocycles. The Kier molecular flexibility index (Phi) is 3.98. The van der Waals surface area contributed by atoms with Gasteiger partial charge in [0.1, 0.15) is 0 Å². The van der Waals surface area contributed by atoms with Gasteiger partial charge in [-0.3, -0.25) is 14.4 Å². The Bertz CT molecular complexity index is 1120. The van der Waals surface area contributed by atoms with Crippen LogP contribution in [0.5, 0.6) is 0 Å². The van der Waals surface area contributed by atoms with Gasteiger partial charge in [-0.25, -0.2) is 4.90 Å². The maximum Gasteiger partial charge on any atom is 0.257 e. The zero-order valence-corrected chi connectivity index (χ0v) is 17.3. The second-order valence-electron chi connectivity index (χ2n) is 9.15. The van der Waals surface area contributed by atoms with Crippen LogP contribution in [0, 0.1) is 35.5 Å². The van der Waals surface area contributed by atoms with Gasteiger partial charge >= 0.3 is 0 Å². The van der Waals surface area contributed by atoms with Crippen molar-refractivity contribution in [3.05, 3.63) is 71.8 Å². The van der Waals surface area contributed by atoms with Crippen molar-refractivity contribution in [2.75, 3.05) is 10.2 Å². The van der Waals surface area contributed by atoms with Gasteiger partial charge in [0.15, 0.2) is 0 Å². The van der Waals surface area contributed by atoms with Gasteiger partial charge in [-0.2, -0.15) is 0 Å². The van der Waals surface area contributed by atoms with Crippen LogP contribution in [0.4, 0.5) is 11.4 Å². The monoisotopic (exact) mass is 412 g/mol. The Morgan fingerprint density at radius 1 is 0.935 bits per heavy atom. The van der Waals surface area contributed by atoms with E-state index in [1.807, 2.05) is 31.2 Å². The molecule has 5 nitrogen and oxygen atoms in total. The summed E-state index contributed by atoms with van der Waals surface area (Å²) in [6.07, 6.45) is 6.25. The summed E-state index contributed by atoms with van der Waals surface area (Å²) < 4.78 is 0. The number of imide groups is 1. The molecule has 0 aromatic heterocycles. The van der Waals surface area contributed by atoms with Crippen molar-refractivity contribution < 1.29 is 14.4 Å². The number of aryl methyl sites for hydroxylation is 1. The molecular formula is C26H24N2O3. The number of amides is 3. The van der Waals surface area contributed by atoms with Crippen LogP contribution in [-0.2, 0) is 16.0 Å². The number of para-hydroxylation sites is 2. The lowest BCUT2D eigenvalue weighted by Gasteiger charge is -2.37. The molecule has 2 aromatic rings. The molecule has 3 fully saturated rings. The molecule has 0 spiro atoms. The van der Waals surface area contributed by atoms with Crippen LogP contribution in [0.3, 0.4) is 0 Å². The minimum absolute atomic E-state index is 0.145. The van der Waals surface area contributed by atoms with E-state index in [0.717, 1.165) is 24.1 Å². The van der Waals surface area contributed by atoms with Crippen molar-refractivity contribution in [3.8, 4) is 0 Å². The Balaban J connectivity index is 1.35. The number of hydrogen-bond acceptors (Lipinski definition) is 3. The fraction of sp³-hybridized carbons (Fsp3) is 0.346. The Labute approximate surface area is 181 Å². The number of carbonyl (C=O) groups is 3. The SMILES string of the molecule is CCc1ccccc1NC(=O)c1ccccc1N1C(=O)[C@@H]2[C@H]3C=C[C@@H]([C@@H]4C[C@H]34)[C@@H]2C1=O. The third-order valence-corrected chi connectivity index (χ3v) is 7.70. The van der Waals surface area contributed by atoms with Gasteiger partial charge in [-0.15, -0.1) is 0 Å². The van der Waals surface area contributed by atoms with Crippen molar-refractivity contribution >= 4 is 29.1 Å². The summed E-state index contributed by atoms with van der Waals surface area (Å²) in [7, 11) is 0. The largest absolute Gasteiger partial charge is 0.322 e. The van der Waals surface area contributed by atoms with E-state index in [0.29, 0.717) is 23.1 Å². The number of nitrogens with one attached hydrogen (secondary N) is 1. The normalized spacial score (nSPS) is 32.1. The maximum absolute atomic E-state index is 13.5. The van der Waals surface area contributed by atoms with Crippen LogP contribution in [0.25, 0.3) is 0 Å². The highest BCUT2D eigenvalue weighted by Gasteiger charge is 2.67. The van der Waals surface area contributed by atoms with Crippen molar-refractivity contribution in [3.63, 3.8) is 0 Å². The molecule has 4 aliphatic carbocycles. The molecule has 6 atom stereocenters. The maximum atomic E-state index is 13.5. The zero-order valence-electron chi connectivity index (χ0n) is 17.3. The van der Waals surface area contributed by atoms with Crippen molar-refractivity contribution in [1.29, 1.82) is 0 Å². The lowest BCUT2D eigenvalue weighted by Crippen LogP contribution is -2.40. The number of carbonyl (C=O) groups excluding carboxylic acids is 3. The second-order valence-corrected chi connectivity index (χ2v) is 9.15. The molecule has 1 heterocycles. The van der Waals surface area contributed by atoms with Gasteiger partial charge in [-0.05, 0) is 60.3 Å². The summed E-state index contributed by atoms with van der Waals surface area (Å²) in [5, 5.41) is 2.98. The summed E-state index contributed by atoms with van der Waals surface area (Å²) >= 11 is 0. The van der Waals surface area contributed by atoms with Crippen LogP contribution >= 0.6 is 0 Å². The van der Waals surface area contributed by atoms with Gasteiger partial charge in [-0.1, -0.05) is 49.4 Å². The molecule has 1 N–H and O–H groups in total. The molecule has 7 rings (SSSR count). The van der Waals surface area contributed by atoms with E-state index in [-0.39, 0.29) is 41.4 Å². The van der Waals surface area contributed by atoms with E-state index >= 15 is 0 Å². The molecule has 3 amide bonds. The number of rotatable bonds is 4. The fourth-order valence-corrected chi connectivity index (χ4v) is 6.20. The number of anilines is 2. The fourth-order valence-electron chi connectivity index (χ4n) is 6.20. The average Bonchev–Trinajstić information content (AvgIpc) is 3.57. The predicted octanol–water partition coefficient (Wildman–Crippen LogP) is 4.06. The molecular weight excluding hydrogens is 388 g/mol. The van der Waals surface area contributed by atoms with Gasteiger partial charge in [0, 0.05) is 5.69 Å². The number of nitrogens with zero attached hydrogens (tertiary/aromatic N) is 1. The second kappa shape index (κ2) is 6.64. The topological polar surface area (TPSA) is 66.5 Å². The zero-order chi connectivity index (χ0) is 21.3. The van der Waals surface area contributed by atoms with Gasteiger partial charge < -0.3 is 5.32 Å². The van der Waals surface area contributed by atoms with Crippen LogP contribution in [0.15, 0.2) is 60.7 Å². The third-order valence-electron chi connectivity index (χ3n) is 7.70. The van der Waals surface area contributed by atoms with Crippen molar-refractivity contribution in [2.45, 2.75) is 19.8 Å². The first-order valence-electron chi connectivity index (χ1n) is 11.1. The smallest absolute Gasteiger partial charge is 0.257 e. The molecule has 31 heavy (non-hydrogen) atoms. The van der Waals surface area contributed by atoms with Crippen molar-refractivity contribution in [2.24, 2.45) is 35.5 Å². The van der Waals surface area contributed by atoms with Gasteiger partial charge in [0.25, 0.3) is 5.91 Å². The Morgan fingerprint density at radius 2 is 1.55 bits per heavy atom. The molecule has 1 aliphatic heterocycles. The Hall–Kier alpha value is -3.21. The summed E-state index contributed by atoms with van der Waals surface area (Å²) in [4.78, 5) is 41.5. The molecule has 2 aromatic carbocycles. The minimum Gasteiger partial charge on any atom is -0.322 e. The van der Waals surface area contributed by atoms with Crippen LogP contribution in [0.1, 0.15) is 29.3 Å². The van der Waals surface area contributed by atoms with E-state index < -0.39 is 0 Å². The lowest BCUT2D eigenvalue weighted by atomic mass is 9.63. The first-order chi connectivity index (χ1) is 15.1. The standard InChI is InChI=1S/C26H24N2O3/c1-2-14-7-3-5-9-20(14)27-24(29)17-8-4-6-10-21(17)28-25(30)22-15-11-12-16(19-13-18(15)19)23(22)26(28)31/h3-12,15-16,18-19,22-23H,2,13H2,1H3,(H,27,29)/t15-,16-,18-,19+,22-,23+/m0/s1. The molecule has 0 radical (unpaired) electrons. The lowest BCUT2D eigenvalue weighted by molar-refractivity contribution is -0.124. The van der Waals surface area contributed by atoms with E-state index in [4.69, 9.17) is 0 Å². The summed E-state index contributed by atoms with van der Waals surface area (Å²) in [5.74, 6) is 0.289. The first kappa shape index (κ1) is 18.6. The number of hydrogen-bond donors (Lipinski definition) is 1. The first-order valence-corrected chi connectivity index (χ1v) is 11.1. The molecule has 5 aliphatic rings. The van der Waals surface area contributed by atoms with Crippen molar-refractivity contribution in [1.82, 2.24) is 0 Å². The van der Waals surface area contributed by atoms with E-state index in [9.17, 15) is 14.4 Å². The molecule has 5 heteroatoms. The third kappa shape index (κ3) is 2.59. The van der Waals surface area contributed by atoms with Gasteiger partial charge in [0.05, 0.1) is 23.1 Å². The van der Waals surface area contributed by atoms with Crippen LogP contribution in [0.2, 0.25) is 0 Å². The molecule has 156 valence electrons. The summed E-state index contributed by atoms with van der Waals surface area (Å²) in [5.41, 5.74) is 2.53. The van der Waals surface area contributed by atoms with Crippen LogP contribution < -0.4 is 10.2 Å². The van der Waals surface area contributed by atoms with E-state index in [1.54, 1.807) is 24.3 Å². The summed E-state index contributed by atoms with van der Waals surface area (Å²) in [6.45, 7) is 2.04. The minimum atomic E-state index is -0.309. The van der Waals surface area contributed by atoms with Gasteiger partial charge in [0.2, 0.25) is 11.8 Å².